The first-order valence-electron chi connectivity index (χ1n) is 9.70. The summed E-state index contributed by atoms with van der Waals surface area (Å²) in [5, 5.41) is 10.9. The van der Waals surface area contributed by atoms with Gasteiger partial charge in [-0.2, -0.15) is 0 Å². The molecule has 0 radical (unpaired) electrons. The monoisotopic (exact) mass is 393 g/mol. The fraction of sp³-hybridized carbons (Fsp3) is 0.318. The fourth-order valence-electron chi connectivity index (χ4n) is 3.83. The molecule has 2 saturated heterocycles. The van der Waals surface area contributed by atoms with E-state index in [-0.39, 0.29) is 11.3 Å². The molecule has 0 spiro atoms. The Bertz CT molecular complexity index is 908. The summed E-state index contributed by atoms with van der Waals surface area (Å²) >= 11 is 0. The summed E-state index contributed by atoms with van der Waals surface area (Å²) in [5.41, 5.74) is 1.38. The molecule has 4 rings (SSSR count). The lowest BCUT2D eigenvalue weighted by Crippen LogP contribution is -2.42. The number of carbonyl (C=O) groups excluding carboxylic acids is 2. The Morgan fingerprint density at radius 2 is 1.72 bits per heavy atom. The van der Waals surface area contributed by atoms with Gasteiger partial charge in [-0.3, -0.25) is 19.5 Å². The molecule has 0 bridgehead atoms. The van der Waals surface area contributed by atoms with Gasteiger partial charge in [0.1, 0.15) is 5.76 Å². The number of amides is 1. The molecule has 0 aliphatic carbocycles. The number of carbonyl (C=O) groups is 2. The molecule has 7 heteroatoms. The molecular weight excluding hydrogens is 370 g/mol. The van der Waals surface area contributed by atoms with Crippen LogP contribution in [0.25, 0.3) is 5.76 Å². The summed E-state index contributed by atoms with van der Waals surface area (Å²) in [5.74, 6) is -1.40. The molecule has 2 aromatic rings. The van der Waals surface area contributed by atoms with E-state index in [2.05, 4.69) is 9.88 Å². The number of Topliss-reactive ketones (excluding diaryl/α,β-unsaturated/α-hetero) is 1. The number of ether oxygens (including phenoxy) is 1. The number of nitrogens with zero attached hydrogens (tertiary/aromatic N) is 3. The number of hydrogen-bond donors (Lipinski definition) is 1. The number of morpholine rings is 1. The Labute approximate surface area is 169 Å². The lowest BCUT2D eigenvalue weighted by Gasteiger charge is -2.30. The highest BCUT2D eigenvalue weighted by Crippen LogP contribution is 2.38. The largest absolute Gasteiger partial charge is 0.507 e. The van der Waals surface area contributed by atoms with Crippen molar-refractivity contribution in [2.75, 3.05) is 39.4 Å². The van der Waals surface area contributed by atoms with Crippen molar-refractivity contribution in [2.45, 2.75) is 6.04 Å². The third-order valence-corrected chi connectivity index (χ3v) is 5.37. The molecule has 1 aromatic carbocycles. The van der Waals surface area contributed by atoms with E-state index in [0.29, 0.717) is 31.9 Å². The van der Waals surface area contributed by atoms with Crippen molar-refractivity contribution in [3.05, 3.63) is 71.6 Å². The number of pyridine rings is 1. The van der Waals surface area contributed by atoms with Crippen molar-refractivity contribution >= 4 is 17.4 Å². The SMILES string of the molecule is O=C1C(=O)N(CCN2CCOCC2)[C@@H](c2ccncc2)C1=C(O)c1ccccc1. The van der Waals surface area contributed by atoms with Gasteiger partial charge in [-0.25, -0.2) is 0 Å². The van der Waals surface area contributed by atoms with Gasteiger partial charge in [0.15, 0.2) is 0 Å². The predicted octanol–water partition coefficient (Wildman–Crippen LogP) is 1.84. The molecule has 1 N–H and O–H groups in total. The van der Waals surface area contributed by atoms with Gasteiger partial charge in [-0.05, 0) is 17.7 Å². The minimum absolute atomic E-state index is 0.120. The van der Waals surface area contributed by atoms with E-state index >= 15 is 0 Å². The van der Waals surface area contributed by atoms with Gasteiger partial charge >= 0.3 is 0 Å². The van der Waals surface area contributed by atoms with E-state index in [4.69, 9.17) is 4.74 Å². The number of aliphatic hydroxyl groups excluding tert-OH is 1. The summed E-state index contributed by atoms with van der Waals surface area (Å²) < 4.78 is 5.37. The summed E-state index contributed by atoms with van der Waals surface area (Å²) in [6, 6.07) is 11.8. The van der Waals surface area contributed by atoms with Crippen LogP contribution in [-0.4, -0.2) is 71.0 Å². The highest BCUT2D eigenvalue weighted by molar-refractivity contribution is 6.46. The van der Waals surface area contributed by atoms with Crippen molar-refractivity contribution in [3.8, 4) is 0 Å². The van der Waals surface area contributed by atoms with E-state index in [0.717, 1.165) is 18.7 Å². The summed E-state index contributed by atoms with van der Waals surface area (Å²) in [6.07, 6.45) is 3.25. The zero-order valence-electron chi connectivity index (χ0n) is 16.0. The van der Waals surface area contributed by atoms with Crippen LogP contribution in [0.2, 0.25) is 0 Å². The number of hydrogen-bond acceptors (Lipinski definition) is 6. The number of benzene rings is 1. The van der Waals surface area contributed by atoms with Gasteiger partial charge < -0.3 is 14.7 Å². The molecule has 0 saturated carbocycles. The molecule has 1 aromatic heterocycles. The van der Waals surface area contributed by atoms with Crippen molar-refractivity contribution in [2.24, 2.45) is 0 Å². The fourth-order valence-corrected chi connectivity index (χ4v) is 3.83. The molecule has 2 aliphatic heterocycles. The summed E-state index contributed by atoms with van der Waals surface area (Å²) in [6.45, 7) is 3.97. The Balaban J connectivity index is 1.70. The summed E-state index contributed by atoms with van der Waals surface area (Å²) in [4.78, 5) is 33.6. The molecule has 150 valence electrons. The number of ketones is 1. The Hall–Kier alpha value is -3.03. The zero-order chi connectivity index (χ0) is 20.2. The first kappa shape index (κ1) is 19.3. The first-order valence-corrected chi connectivity index (χ1v) is 9.70. The molecule has 3 heterocycles. The van der Waals surface area contributed by atoms with Crippen LogP contribution in [-0.2, 0) is 14.3 Å². The number of aliphatic hydroxyl groups is 1. The van der Waals surface area contributed by atoms with Crippen molar-refractivity contribution < 1.29 is 19.4 Å². The van der Waals surface area contributed by atoms with Crippen molar-refractivity contribution in [3.63, 3.8) is 0 Å². The number of rotatable bonds is 5. The van der Waals surface area contributed by atoms with Gasteiger partial charge in [-0.1, -0.05) is 30.3 Å². The Morgan fingerprint density at radius 3 is 2.41 bits per heavy atom. The lowest BCUT2D eigenvalue weighted by atomic mass is 9.96. The summed E-state index contributed by atoms with van der Waals surface area (Å²) in [7, 11) is 0. The van der Waals surface area contributed by atoms with E-state index in [9.17, 15) is 14.7 Å². The van der Waals surface area contributed by atoms with Crippen molar-refractivity contribution in [1.29, 1.82) is 0 Å². The van der Waals surface area contributed by atoms with Gasteiger partial charge in [0.05, 0.1) is 24.8 Å². The lowest BCUT2D eigenvalue weighted by molar-refractivity contribution is -0.140. The number of aromatic nitrogens is 1. The van der Waals surface area contributed by atoms with Gasteiger partial charge in [0, 0.05) is 44.1 Å². The van der Waals surface area contributed by atoms with Crippen LogP contribution in [0.15, 0.2) is 60.4 Å². The van der Waals surface area contributed by atoms with Crippen LogP contribution in [0.4, 0.5) is 0 Å². The van der Waals surface area contributed by atoms with E-state index in [1.165, 1.54) is 0 Å². The second-order valence-electron chi connectivity index (χ2n) is 7.09. The molecule has 7 nitrogen and oxygen atoms in total. The highest BCUT2D eigenvalue weighted by atomic mass is 16.5. The van der Waals surface area contributed by atoms with Crippen LogP contribution < -0.4 is 0 Å². The Morgan fingerprint density at radius 1 is 1.03 bits per heavy atom. The van der Waals surface area contributed by atoms with Crippen LogP contribution >= 0.6 is 0 Å². The smallest absolute Gasteiger partial charge is 0.295 e. The Kier molecular flexibility index (Phi) is 5.69. The molecule has 2 aliphatic rings. The van der Waals surface area contributed by atoms with E-state index < -0.39 is 17.7 Å². The third-order valence-electron chi connectivity index (χ3n) is 5.37. The molecular formula is C22H23N3O4. The quantitative estimate of drug-likeness (QED) is 0.474. The van der Waals surface area contributed by atoms with Crippen LogP contribution in [0.3, 0.4) is 0 Å². The molecule has 1 amide bonds. The maximum Gasteiger partial charge on any atom is 0.295 e. The molecule has 1 atom stereocenters. The van der Waals surface area contributed by atoms with Crippen LogP contribution in [0, 0.1) is 0 Å². The van der Waals surface area contributed by atoms with Gasteiger partial charge in [0.2, 0.25) is 0 Å². The van der Waals surface area contributed by atoms with E-state index in [1.54, 1.807) is 53.7 Å². The average Bonchev–Trinajstić information content (AvgIpc) is 3.04. The van der Waals surface area contributed by atoms with Crippen LogP contribution in [0.1, 0.15) is 17.2 Å². The predicted molar refractivity (Wildman–Crippen MR) is 107 cm³/mol. The second-order valence-corrected chi connectivity index (χ2v) is 7.09. The first-order chi connectivity index (χ1) is 14.2. The maximum atomic E-state index is 12.9. The van der Waals surface area contributed by atoms with E-state index in [1.807, 2.05) is 6.07 Å². The molecule has 2 fully saturated rings. The van der Waals surface area contributed by atoms with Gasteiger partial charge in [-0.15, -0.1) is 0 Å². The minimum Gasteiger partial charge on any atom is -0.507 e. The minimum atomic E-state index is -0.657. The standard InChI is InChI=1S/C22H23N3O4/c26-20(17-4-2-1-3-5-17)18-19(16-6-8-23-9-7-16)25(22(28)21(18)27)11-10-24-12-14-29-15-13-24/h1-9,19,26H,10-15H2/t19-/m0/s1. The number of likely N-dealkylation sites (tertiary alicyclic amines) is 1. The topological polar surface area (TPSA) is 83.0 Å². The highest BCUT2D eigenvalue weighted by Gasteiger charge is 2.45. The van der Waals surface area contributed by atoms with Gasteiger partial charge in [0.25, 0.3) is 11.7 Å². The molecule has 0 unspecified atom stereocenters. The third kappa shape index (κ3) is 3.92. The average molecular weight is 393 g/mol. The van der Waals surface area contributed by atoms with Crippen LogP contribution in [0.5, 0.6) is 0 Å². The maximum absolute atomic E-state index is 12.9. The zero-order valence-corrected chi connectivity index (χ0v) is 16.0. The normalized spacial score (nSPS) is 22.2. The van der Waals surface area contributed by atoms with Crippen molar-refractivity contribution in [1.82, 2.24) is 14.8 Å². The second kappa shape index (κ2) is 8.55. The molecule has 29 heavy (non-hydrogen) atoms.